The fraction of sp³-hybridized carbons (Fsp3) is 0.647. The van der Waals surface area contributed by atoms with Gasteiger partial charge < -0.3 is 16.0 Å². The molecule has 0 amide bonds. The number of nitrogens with two attached hydrogens (primary N) is 1. The minimum atomic E-state index is 0.0148. The minimum Gasteiger partial charge on any atom is -0.340 e. The van der Waals surface area contributed by atoms with Gasteiger partial charge in [-0.25, -0.2) is 0 Å². The van der Waals surface area contributed by atoms with Gasteiger partial charge >= 0.3 is 0 Å². The molecule has 0 radical (unpaired) electrons. The zero-order valence-electron chi connectivity index (χ0n) is 14.0. The van der Waals surface area contributed by atoms with Crippen LogP contribution in [0.1, 0.15) is 40.0 Å². The van der Waals surface area contributed by atoms with Crippen LogP contribution in [0.15, 0.2) is 29.5 Å². The van der Waals surface area contributed by atoms with Gasteiger partial charge in [0.05, 0.1) is 11.9 Å². The van der Waals surface area contributed by atoms with E-state index in [1.165, 1.54) is 19.3 Å². The highest BCUT2D eigenvalue weighted by Crippen LogP contribution is 2.19. The molecule has 0 aliphatic carbocycles. The molecule has 1 saturated heterocycles. The third-order valence-corrected chi connectivity index (χ3v) is 4.20. The van der Waals surface area contributed by atoms with Gasteiger partial charge in [-0.15, -0.1) is 0 Å². The maximum absolute atomic E-state index is 5.84. The fourth-order valence-corrected chi connectivity index (χ4v) is 2.53. The van der Waals surface area contributed by atoms with Crippen molar-refractivity contribution < 1.29 is 0 Å². The van der Waals surface area contributed by atoms with E-state index in [2.05, 4.69) is 36.0 Å². The van der Waals surface area contributed by atoms with Gasteiger partial charge in [-0.1, -0.05) is 13.8 Å². The molecule has 2 heterocycles. The Bertz CT molecular complexity index is 483. The number of rotatable bonds is 4. The van der Waals surface area contributed by atoms with Crippen LogP contribution in [-0.4, -0.2) is 41.5 Å². The minimum absolute atomic E-state index is 0.0148. The number of anilines is 1. The molecule has 0 spiro atoms. The van der Waals surface area contributed by atoms with Crippen LogP contribution in [0.4, 0.5) is 5.69 Å². The third kappa shape index (κ3) is 4.70. The van der Waals surface area contributed by atoms with E-state index in [1.807, 2.05) is 18.3 Å². The molecule has 1 unspecified atom stereocenters. The first-order valence-electron chi connectivity index (χ1n) is 8.20. The van der Waals surface area contributed by atoms with Crippen LogP contribution < -0.4 is 11.1 Å². The lowest BCUT2D eigenvalue weighted by atomic mass is 9.94. The Morgan fingerprint density at radius 2 is 2.32 bits per heavy atom. The Labute approximate surface area is 134 Å². The van der Waals surface area contributed by atoms with Crippen LogP contribution in [0.25, 0.3) is 0 Å². The van der Waals surface area contributed by atoms with E-state index in [1.54, 1.807) is 6.20 Å². The average molecular weight is 303 g/mol. The van der Waals surface area contributed by atoms with E-state index in [4.69, 9.17) is 10.7 Å². The first kappa shape index (κ1) is 16.7. The molecule has 1 aliphatic heterocycles. The maximum atomic E-state index is 5.84. The molecule has 0 bridgehead atoms. The van der Waals surface area contributed by atoms with Gasteiger partial charge in [0, 0.05) is 25.3 Å². The molecule has 5 heteroatoms. The predicted octanol–water partition coefficient (Wildman–Crippen LogP) is 2.71. The molecule has 22 heavy (non-hydrogen) atoms. The van der Waals surface area contributed by atoms with E-state index in [9.17, 15) is 0 Å². The van der Waals surface area contributed by atoms with Gasteiger partial charge in [-0.05, 0) is 50.3 Å². The number of guanidine groups is 1. The lowest BCUT2D eigenvalue weighted by Crippen LogP contribution is -2.46. The second kappa shape index (κ2) is 7.58. The third-order valence-electron chi connectivity index (χ3n) is 4.20. The topological polar surface area (TPSA) is 66.5 Å². The normalized spacial score (nSPS) is 20.1. The molecular weight excluding hydrogens is 274 g/mol. The van der Waals surface area contributed by atoms with Crippen LogP contribution in [0.3, 0.4) is 0 Å². The highest BCUT2D eigenvalue weighted by atomic mass is 15.3. The largest absolute Gasteiger partial charge is 0.340 e. The molecule has 0 aromatic carbocycles. The number of aromatic nitrogens is 1. The second-order valence-corrected chi connectivity index (χ2v) is 6.91. The van der Waals surface area contributed by atoms with Crippen molar-refractivity contribution in [2.24, 2.45) is 16.1 Å². The fourth-order valence-electron chi connectivity index (χ4n) is 2.53. The Morgan fingerprint density at radius 1 is 1.50 bits per heavy atom. The van der Waals surface area contributed by atoms with Gasteiger partial charge in [0.2, 0.25) is 0 Å². The van der Waals surface area contributed by atoms with Crippen LogP contribution in [0, 0.1) is 5.41 Å². The monoisotopic (exact) mass is 303 g/mol. The summed E-state index contributed by atoms with van der Waals surface area (Å²) in [6.07, 6.45) is 7.35. The number of nitrogens with zero attached hydrogens (tertiary/aromatic N) is 3. The Hall–Kier alpha value is -1.62. The van der Waals surface area contributed by atoms with Crippen LogP contribution in [-0.2, 0) is 0 Å². The number of hydrogen-bond donors (Lipinski definition) is 2. The van der Waals surface area contributed by atoms with Crippen LogP contribution >= 0.6 is 0 Å². The Morgan fingerprint density at radius 3 is 2.95 bits per heavy atom. The molecule has 1 aliphatic rings. The number of hydrogen-bond acceptors (Lipinski definition) is 3. The first-order chi connectivity index (χ1) is 10.5. The van der Waals surface area contributed by atoms with Crippen LogP contribution in [0.2, 0.25) is 0 Å². The zero-order valence-corrected chi connectivity index (χ0v) is 14.0. The summed E-state index contributed by atoms with van der Waals surface area (Å²) in [7, 11) is 0. The van der Waals surface area contributed by atoms with E-state index >= 15 is 0 Å². The van der Waals surface area contributed by atoms with Crippen molar-refractivity contribution in [1.29, 1.82) is 0 Å². The Kier molecular flexibility index (Phi) is 5.77. The van der Waals surface area contributed by atoms with Crippen molar-refractivity contribution >= 4 is 11.6 Å². The first-order valence-corrected chi connectivity index (χ1v) is 8.20. The van der Waals surface area contributed by atoms with E-state index in [-0.39, 0.29) is 5.41 Å². The zero-order chi connectivity index (χ0) is 16.0. The van der Waals surface area contributed by atoms with Crippen molar-refractivity contribution in [2.45, 2.75) is 46.1 Å². The summed E-state index contributed by atoms with van der Waals surface area (Å²) < 4.78 is 0. The average Bonchev–Trinajstić information content (AvgIpc) is 2.53. The van der Waals surface area contributed by atoms with E-state index in [0.29, 0.717) is 12.6 Å². The molecule has 5 nitrogen and oxygen atoms in total. The summed E-state index contributed by atoms with van der Waals surface area (Å²) in [5.74, 6) is 0.946. The quantitative estimate of drug-likeness (QED) is 0.663. The van der Waals surface area contributed by atoms with Crippen LogP contribution in [0.5, 0.6) is 0 Å². The SMILES string of the molecule is CC1CCCCN1C(=NCC(C)(C)CN)Nc1cccnc1. The Balaban J connectivity index is 2.17. The molecule has 1 aromatic heterocycles. The van der Waals surface area contributed by atoms with Crippen molar-refractivity contribution in [1.82, 2.24) is 9.88 Å². The number of pyridine rings is 1. The summed E-state index contributed by atoms with van der Waals surface area (Å²) in [5.41, 5.74) is 6.83. The highest BCUT2D eigenvalue weighted by molar-refractivity contribution is 5.93. The highest BCUT2D eigenvalue weighted by Gasteiger charge is 2.23. The standard InChI is InChI=1S/C17H29N5/c1-14-7-4-5-10-22(14)16(20-13-17(2,3)12-18)21-15-8-6-9-19-11-15/h6,8-9,11,14H,4-5,7,10,12-13,18H2,1-3H3,(H,20,21). The molecule has 1 fully saturated rings. The molecule has 1 atom stereocenters. The summed E-state index contributed by atoms with van der Waals surface area (Å²) >= 11 is 0. The number of likely N-dealkylation sites (tertiary alicyclic amines) is 1. The summed E-state index contributed by atoms with van der Waals surface area (Å²) in [6.45, 7) is 8.97. The van der Waals surface area contributed by atoms with Crippen molar-refractivity contribution in [3.8, 4) is 0 Å². The molecule has 1 aromatic rings. The van der Waals surface area contributed by atoms with Crippen molar-refractivity contribution in [3.63, 3.8) is 0 Å². The number of nitrogens with one attached hydrogen (secondary N) is 1. The lowest BCUT2D eigenvalue weighted by molar-refractivity contribution is 0.255. The number of piperidine rings is 1. The second-order valence-electron chi connectivity index (χ2n) is 6.91. The summed E-state index contributed by atoms with van der Waals surface area (Å²) in [5, 5.41) is 3.45. The number of aliphatic imine (C=N–C) groups is 1. The van der Waals surface area contributed by atoms with Gasteiger partial charge in [0.1, 0.15) is 0 Å². The molecular formula is C17H29N5. The van der Waals surface area contributed by atoms with Gasteiger partial charge in [0.25, 0.3) is 0 Å². The molecule has 3 N–H and O–H groups in total. The molecule has 0 saturated carbocycles. The molecule has 2 rings (SSSR count). The van der Waals surface area contributed by atoms with Gasteiger partial charge in [-0.2, -0.15) is 0 Å². The smallest absolute Gasteiger partial charge is 0.198 e. The maximum Gasteiger partial charge on any atom is 0.198 e. The van der Waals surface area contributed by atoms with Crippen molar-refractivity contribution in [2.75, 3.05) is 25.0 Å². The van der Waals surface area contributed by atoms with Gasteiger partial charge in [-0.3, -0.25) is 9.98 Å². The summed E-state index contributed by atoms with van der Waals surface area (Å²) in [4.78, 5) is 11.4. The van der Waals surface area contributed by atoms with Crippen molar-refractivity contribution in [3.05, 3.63) is 24.5 Å². The van der Waals surface area contributed by atoms with Gasteiger partial charge in [0.15, 0.2) is 5.96 Å². The van der Waals surface area contributed by atoms with E-state index in [0.717, 1.165) is 24.7 Å². The van der Waals surface area contributed by atoms with E-state index < -0.39 is 0 Å². The predicted molar refractivity (Wildman–Crippen MR) is 93.0 cm³/mol. The molecule has 122 valence electrons. The summed E-state index contributed by atoms with van der Waals surface area (Å²) in [6, 6.07) is 4.46. The lowest BCUT2D eigenvalue weighted by Gasteiger charge is -2.36.